The molecule has 3 rings (SSSR count). The maximum absolute atomic E-state index is 12.7. The molecule has 1 atom stereocenters. The van der Waals surface area contributed by atoms with Gasteiger partial charge in [-0.05, 0) is 37.8 Å². The van der Waals surface area contributed by atoms with Gasteiger partial charge in [-0.25, -0.2) is 0 Å². The molecule has 1 saturated heterocycles. The average Bonchev–Trinajstić information content (AvgIpc) is 3.01. The standard InChI is InChI=1S/C18H22N2O/c1-2-20(18(21)13-15-9-6-12-19-15)17-11-5-8-14-7-3-4-10-16(14)17/h3-5,7-8,10-11,15,19H,2,6,9,12-13H2,1H3. The predicted molar refractivity (Wildman–Crippen MR) is 87.6 cm³/mol. The van der Waals surface area contributed by atoms with Gasteiger partial charge >= 0.3 is 0 Å². The number of carbonyl (C=O) groups excluding carboxylic acids is 1. The first kappa shape index (κ1) is 14.1. The van der Waals surface area contributed by atoms with Crippen LogP contribution in [-0.2, 0) is 4.79 Å². The molecule has 0 radical (unpaired) electrons. The van der Waals surface area contributed by atoms with Gasteiger partial charge in [-0.2, -0.15) is 0 Å². The van der Waals surface area contributed by atoms with Crippen LogP contribution in [0.5, 0.6) is 0 Å². The van der Waals surface area contributed by atoms with Crippen LogP contribution in [0.25, 0.3) is 10.8 Å². The monoisotopic (exact) mass is 282 g/mol. The Bertz CT molecular complexity index is 627. The fraction of sp³-hybridized carbons (Fsp3) is 0.389. The zero-order valence-electron chi connectivity index (χ0n) is 12.5. The van der Waals surface area contributed by atoms with Crippen LogP contribution in [0, 0.1) is 0 Å². The van der Waals surface area contributed by atoms with E-state index in [-0.39, 0.29) is 5.91 Å². The molecule has 3 heteroatoms. The van der Waals surface area contributed by atoms with E-state index in [0.29, 0.717) is 19.0 Å². The molecule has 1 heterocycles. The highest BCUT2D eigenvalue weighted by Gasteiger charge is 2.22. The number of fused-ring (bicyclic) bond motifs is 1. The van der Waals surface area contributed by atoms with Crippen molar-refractivity contribution in [2.45, 2.75) is 32.2 Å². The Labute approximate surface area is 125 Å². The first-order valence-electron chi connectivity index (χ1n) is 7.81. The van der Waals surface area contributed by atoms with Crippen molar-refractivity contribution in [3.63, 3.8) is 0 Å². The lowest BCUT2D eigenvalue weighted by molar-refractivity contribution is -0.119. The Hall–Kier alpha value is -1.87. The molecule has 21 heavy (non-hydrogen) atoms. The number of hydrogen-bond acceptors (Lipinski definition) is 2. The van der Waals surface area contributed by atoms with Crippen LogP contribution in [0.4, 0.5) is 5.69 Å². The Kier molecular flexibility index (Phi) is 4.20. The van der Waals surface area contributed by atoms with Gasteiger partial charge in [0.1, 0.15) is 0 Å². The summed E-state index contributed by atoms with van der Waals surface area (Å²) in [6.07, 6.45) is 2.88. The van der Waals surface area contributed by atoms with Crippen molar-refractivity contribution in [1.29, 1.82) is 0 Å². The highest BCUT2D eigenvalue weighted by atomic mass is 16.2. The SMILES string of the molecule is CCN(C(=O)CC1CCCN1)c1cccc2ccccc12. The predicted octanol–water partition coefficient (Wildman–Crippen LogP) is 3.33. The molecule has 0 aliphatic carbocycles. The van der Waals surface area contributed by atoms with Crippen molar-refractivity contribution in [3.05, 3.63) is 42.5 Å². The molecule has 0 aromatic heterocycles. The minimum absolute atomic E-state index is 0.216. The van der Waals surface area contributed by atoms with Crippen LogP contribution in [0.1, 0.15) is 26.2 Å². The van der Waals surface area contributed by atoms with E-state index in [2.05, 4.69) is 23.5 Å². The van der Waals surface area contributed by atoms with E-state index in [9.17, 15) is 4.79 Å². The summed E-state index contributed by atoms with van der Waals surface area (Å²) in [4.78, 5) is 14.6. The van der Waals surface area contributed by atoms with E-state index in [1.165, 1.54) is 11.8 Å². The van der Waals surface area contributed by atoms with Crippen LogP contribution in [-0.4, -0.2) is 25.0 Å². The first-order valence-corrected chi connectivity index (χ1v) is 7.81. The molecule has 2 aromatic rings. The van der Waals surface area contributed by atoms with Gasteiger partial charge < -0.3 is 10.2 Å². The van der Waals surface area contributed by atoms with Gasteiger partial charge in [0.2, 0.25) is 5.91 Å². The lowest BCUT2D eigenvalue weighted by atomic mass is 10.1. The maximum Gasteiger partial charge on any atom is 0.228 e. The Morgan fingerprint density at radius 2 is 2.05 bits per heavy atom. The molecule has 3 nitrogen and oxygen atoms in total. The van der Waals surface area contributed by atoms with Gasteiger partial charge in [0, 0.05) is 24.4 Å². The number of nitrogens with zero attached hydrogens (tertiary/aromatic N) is 1. The van der Waals surface area contributed by atoms with Crippen molar-refractivity contribution >= 4 is 22.4 Å². The lowest BCUT2D eigenvalue weighted by Crippen LogP contribution is -2.36. The lowest BCUT2D eigenvalue weighted by Gasteiger charge is -2.24. The topological polar surface area (TPSA) is 32.3 Å². The maximum atomic E-state index is 12.7. The number of rotatable bonds is 4. The summed E-state index contributed by atoms with van der Waals surface area (Å²) < 4.78 is 0. The summed E-state index contributed by atoms with van der Waals surface area (Å²) >= 11 is 0. The summed E-state index contributed by atoms with van der Waals surface area (Å²) in [7, 11) is 0. The summed E-state index contributed by atoms with van der Waals surface area (Å²) in [5, 5.41) is 5.74. The molecule has 0 saturated carbocycles. The largest absolute Gasteiger partial charge is 0.313 e. The molecule has 1 N–H and O–H groups in total. The second-order valence-corrected chi connectivity index (χ2v) is 5.63. The van der Waals surface area contributed by atoms with E-state index in [4.69, 9.17) is 0 Å². The molecular formula is C18H22N2O. The third-order valence-corrected chi connectivity index (χ3v) is 4.26. The first-order chi connectivity index (χ1) is 10.3. The summed E-state index contributed by atoms with van der Waals surface area (Å²) in [5.74, 6) is 0.216. The number of amides is 1. The van der Waals surface area contributed by atoms with Crippen LogP contribution < -0.4 is 10.2 Å². The van der Waals surface area contributed by atoms with Crippen LogP contribution in [0.2, 0.25) is 0 Å². The molecule has 110 valence electrons. The zero-order valence-corrected chi connectivity index (χ0v) is 12.5. The average molecular weight is 282 g/mol. The highest BCUT2D eigenvalue weighted by molar-refractivity contribution is 6.03. The van der Waals surface area contributed by atoms with Gasteiger partial charge in [-0.1, -0.05) is 36.4 Å². The molecule has 1 unspecified atom stereocenters. The van der Waals surface area contributed by atoms with Crippen LogP contribution >= 0.6 is 0 Å². The van der Waals surface area contributed by atoms with Gasteiger partial charge in [0.05, 0.1) is 5.69 Å². The molecule has 0 bridgehead atoms. The van der Waals surface area contributed by atoms with Crippen LogP contribution in [0.3, 0.4) is 0 Å². The zero-order chi connectivity index (χ0) is 14.7. The van der Waals surface area contributed by atoms with E-state index in [1.807, 2.05) is 36.1 Å². The Morgan fingerprint density at radius 1 is 1.24 bits per heavy atom. The second-order valence-electron chi connectivity index (χ2n) is 5.63. The number of anilines is 1. The van der Waals surface area contributed by atoms with Crippen molar-refractivity contribution in [2.24, 2.45) is 0 Å². The Balaban J connectivity index is 1.88. The minimum atomic E-state index is 0.216. The molecule has 1 amide bonds. The number of nitrogens with one attached hydrogen (secondary N) is 1. The highest BCUT2D eigenvalue weighted by Crippen LogP contribution is 2.27. The van der Waals surface area contributed by atoms with Crippen molar-refractivity contribution in [2.75, 3.05) is 18.0 Å². The molecular weight excluding hydrogens is 260 g/mol. The molecule has 0 spiro atoms. The Morgan fingerprint density at radius 3 is 2.81 bits per heavy atom. The van der Waals surface area contributed by atoms with Gasteiger partial charge in [0.25, 0.3) is 0 Å². The second kappa shape index (κ2) is 6.27. The van der Waals surface area contributed by atoms with E-state index >= 15 is 0 Å². The smallest absolute Gasteiger partial charge is 0.228 e. The van der Waals surface area contributed by atoms with Gasteiger partial charge in [-0.15, -0.1) is 0 Å². The van der Waals surface area contributed by atoms with Crippen LogP contribution in [0.15, 0.2) is 42.5 Å². The number of hydrogen-bond donors (Lipinski definition) is 1. The van der Waals surface area contributed by atoms with Crippen molar-refractivity contribution in [3.8, 4) is 0 Å². The third-order valence-electron chi connectivity index (χ3n) is 4.26. The van der Waals surface area contributed by atoms with Gasteiger partial charge in [0.15, 0.2) is 0 Å². The number of carbonyl (C=O) groups is 1. The molecule has 1 fully saturated rings. The quantitative estimate of drug-likeness (QED) is 0.933. The molecule has 1 aliphatic rings. The summed E-state index contributed by atoms with van der Waals surface area (Å²) in [6.45, 7) is 3.79. The fourth-order valence-corrected chi connectivity index (χ4v) is 3.18. The molecule has 2 aromatic carbocycles. The van der Waals surface area contributed by atoms with Gasteiger partial charge in [-0.3, -0.25) is 4.79 Å². The third kappa shape index (κ3) is 2.93. The summed E-state index contributed by atoms with van der Waals surface area (Å²) in [5.41, 5.74) is 1.03. The van der Waals surface area contributed by atoms with Crippen molar-refractivity contribution < 1.29 is 4.79 Å². The van der Waals surface area contributed by atoms with Crippen molar-refractivity contribution in [1.82, 2.24) is 5.32 Å². The minimum Gasteiger partial charge on any atom is -0.313 e. The normalized spacial score (nSPS) is 18.0. The van der Waals surface area contributed by atoms with E-state index in [1.54, 1.807) is 0 Å². The number of benzene rings is 2. The van der Waals surface area contributed by atoms with E-state index < -0.39 is 0 Å². The molecule has 1 aliphatic heterocycles. The fourth-order valence-electron chi connectivity index (χ4n) is 3.18. The van der Waals surface area contributed by atoms with E-state index in [0.717, 1.165) is 24.0 Å². The summed E-state index contributed by atoms with van der Waals surface area (Å²) in [6, 6.07) is 14.8.